The maximum absolute atomic E-state index is 11.1. The Morgan fingerprint density at radius 2 is 1.29 bits per heavy atom. The van der Waals surface area contributed by atoms with Crippen LogP contribution in [0.1, 0.15) is 44.0 Å². The Kier molecular flexibility index (Phi) is 39.7. The molecular weight excluding hydrogens is 769 g/mol. The Balaban J connectivity index is -0.000000606. The molecule has 51 heavy (non-hydrogen) atoms. The molecule has 0 unspecified atom stereocenters. The van der Waals surface area contributed by atoms with Gasteiger partial charge < -0.3 is 29.6 Å². The number of hydrogen-bond donors (Lipinski definition) is 5. The molecule has 0 fully saturated rings. The maximum Gasteiger partial charge on any atom is 0.349 e. The van der Waals surface area contributed by atoms with Crippen molar-refractivity contribution >= 4 is 72.4 Å². The van der Waals surface area contributed by atoms with Gasteiger partial charge in [0.05, 0.1) is 13.0 Å². The van der Waals surface area contributed by atoms with E-state index in [1.54, 1.807) is 51.9 Å². The normalized spacial score (nSPS) is 9.35. The minimum atomic E-state index is -0.546. The summed E-state index contributed by atoms with van der Waals surface area (Å²) in [6, 6.07) is 5.02. The van der Waals surface area contributed by atoms with Crippen molar-refractivity contribution in [1.29, 1.82) is 0 Å². The Hall–Kier alpha value is -2.75. The summed E-state index contributed by atoms with van der Waals surface area (Å²) in [5, 5.41) is 1.04. The molecule has 0 atom stereocenters. The van der Waals surface area contributed by atoms with Crippen molar-refractivity contribution in [2.45, 2.75) is 46.0 Å². The fourth-order valence-electron chi connectivity index (χ4n) is 2.80. The number of nitrogens with one attached hydrogen (secondary N) is 2. The highest BCUT2D eigenvalue weighted by Gasteiger charge is 2.05. The van der Waals surface area contributed by atoms with Gasteiger partial charge in [0.1, 0.15) is 22.0 Å². The van der Waals surface area contributed by atoms with E-state index in [9.17, 15) is 9.59 Å². The minimum absolute atomic E-state index is 0. The summed E-state index contributed by atoms with van der Waals surface area (Å²) in [5.74, 6) is 0.629. The highest BCUT2D eigenvalue weighted by Crippen LogP contribution is 2.06. The summed E-state index contributed by atoms with van der Waals surface area (Å²) >= 11 is 23.4. The molecule has 0 radical (unpaired) electrons. The molecule has 3 aromatic heterocycles. The molecule has 3 aromatic rings. The molecule has 0 amide bonds. The Morgan fingerprint density at radius 1 is 0.784 bits per heavy atom. The van der Waals surface area contributed by atoms with Crippen LogP contribution in [-0.2, 0) is 52.7 Å². The quantitative estimate of drug-likeness (QED) is 0.0333. The van der Waals surface area contributed by atoms with Crippen LogP contribution in [0.15, 0.2) is 49.4 Å². The van der Waals surface area contributed by atoms with Crippen molar-refractivity contribution < 1.29 is 33.5 Å². The largest absolute Gasteiger partial charge is 0.385 e. The van der Waals surface area contributed by atoms with E-state index in [2.05, 4.69) is 76.5 Å². The highest BCUT2D eigenvalue weighted by molar-refractivity contribution is 7.78. The molecule has 0 aromatic carbocycles. The third kappa shape index (κ3) is 35.4. The van der Waals surface area contributed by atoms with Gasteiger partial charge in [0.2, 0.25) is 5.28 Å². The first-order valence-corrected chi connectivity index (χ1v) is 16.5. The van der Waals surface area contributed by atoms with Crippen LogP contribution >= 0.6 is 60.4 Å². The zero-order valence-electron chi connectivity index (χ0n) is 28.0. The van der Waals surface area contributed by atoms with Crippen molar-refractivity contribution in [2.24, 2.45) is 5.73 Å². The van der Waals surface area contributed by atoms with Crippen LogP contribution in [-0.4, -0.2) is 89.5 Å². The van der Waals surface area contributed by atoms with Crippen LogP contribution in [0, 0.1) is 0 Å². The lowest BCUT2D eigenvalue weighted by Crippen LogP contribution is -2.12. The van der Waals surface area contributed by atoms with Crippen molar-refractivity contribution in [2.75, 3.05) is 47.7 Å². The highest BCUT2D eigenvalue weighted by atomic mass is 35.5. The number of carbonyl (C=O) groups is 2. The SMILES string of the molecule is C.C=CC(=O)ONS.COCCCc1nccc(CCC(=O)ONS)n1.COCCCc1nccc(Cl)n1.COCCN.Clc1ccnc(Cl)n1. The van der Waals surface area contributed by atoms with E-state index in [0.717, 1.165) is 55.7 Å². The van der Waals surface area contributed by atoms with Crippen LogP contribution in [0.3, 0.4) is 0 Å². The Bertz CT molecular complexity index is 1290. The number of rotatable bonds is 16. The van der Waals surface area contributed by atoms with Gasteiger partial charge in [-0.25, -0.2) is 34.7 Å². The molecule has 0 saturated heterocycles. The standard InChI is InChI=1S/C11H17N3O3S.C8H11ClN2O.C4H2Cl2N2.C3H5NO2S.C3H9NO.CH4/c1-16-8-2-3-10-12-7-6-9(13-10)4-5-11(15)17-14-18;1-12-6-2-3-8-10-5-4-7(9)11-8;5-3-1-2-7-4(6)8-3;1-2-3(5)6-4-7;1-5-3-2-4;/h6-7,14,18H,2-5,8H2,1H3;4-5H,2-3,6H2,1H3;1-2H;2,4,7H,1H2;2-4H2,1H3;1H4. The number of hydrogen-bond acceptors (Lipinski definition) is 18. The average molecular weight is 817 g/mol. The summed E-state index contributed by atoms with van der Waals surface area (Å²) in [7, 11) is 4.98. The second kappa shape index (κ2) is 38.5. The zero-order chi connectivity index (χ0) is 37.8. The Morgan fingerprint density at radius 3 is 1.69 bits per heavy atom. The van der Waals surface area contributed by atoms with Crippen molar-refractivity contribution in [3.05, 3.63) is 82.4 Å². The summed E-state index contributed by atoms with van der Waals surface area (Å²) < 4.78 is 14.4. The summed E-state index contributed by atoms with van der Waals surface area (Å²) in [6.07, 6.45) is 10.1. The molecule has 4 N–H and O–H groups in total. The predicted molar refractivity (Wildman–Crippen MR) is 204 cm³/mol. The minimum Gasteiger partial charge on any atom is -0.385 e. The lowest BCUT2D eigenvalue weighted by Gasteiger charge is -2.03. The van der Waals surface area contributed by atoms with Crippen LogP contribution in [0.25, 0.3) is 0 Å². The van der Waals surface area contributed by atoms with Crippen molar-refractivity contribution in [3.63, 3.8) is 0 Å². The second-order valence-corrected chi connectivity index (χ2v) is 10.1. The monoisotopic (exact) mass is 815 g/mol. The van der Waals surface area contributed by atoms with Gasteiger partial charge in [0.15, 0.2) is 0 Å². The number of aryl methyl sites for hydroxylation is 3. The average Bonchev–Trinajstić information content (AvgIpc) is 3.09. The zero-order valence-corrected chi connectivity index (χ0v) is 32.0. The first kappa shape index (κ1) is 52.6. The molecule has 0 aliphatic rings. The number of aromatic nitrogens is 6. The molecule has 0 spiro atoms. The molecular formula is C30H48Cl3N9O7S2. The molecule has 0 aliphatic heterocycles. The maximum atomic E-state index is 11.1. The number of nitrogens with zero attached hydrogens (tertiary/aromatic N) is 6. The third-order valence-corrected chi connectivity index (χ3v) is 5.69. The number of halogens is 3. The molecule has 3 rings (SSSR count). The first-order chi connectivity index (χ1) is 24.1. The van der Waals surface area contributed by atoms with E-state index in [-0.39, 0.29) is 25.1 Å². The molecule has 3 heterocycles. The van der Waals surface area contributed by atoms with Gasteiger partial charge in [-0.15, -0.1) is 0 Å². The van der Waals surface area contributed by atoms with Crippen LogP contribution in [0.5, 0.6) is 0 Å². The lowest BCUT2D eigenvalue weighted by atomic mass is 10.2. The van der Waals surface area contributed by atoms with E-state index < -0.39 is 5.97 Å². The van der Waals surface area contributed by atoms with Crippen LogP contribution in [0.4, 0.5) is 0 Å². The fourth-order valence-corrected chi connectivity index (χ4v) is 3.47. The number of carbonyl (C=O) groups excluding carboxylic acids is 2. The Labute approximate surface area is 326 Å². The molecule has 0 aliphatic carbocycles. The van der Waals surface area contributed by atoms with Crippen LogP contribution in [0.2, 0.25) is 15.6 Å². The molecule has 288 valence electrons. The van der Waals surface area contributed by atoms with Crippen LogP contribution < -0.4 is 15.5 Å². The molecule has 0 saturated carbocycles. The van der Waals surface area contributed by atoms with Gasteiger partial charge in [0, 0.05) is 90.7 Å². The second-order valence-electron chi connectivity index (χ2n) is 8.66. The number of nitrogens with two attached hydrogens (primary N) is 1. The first-order valence-electron chi connectivity index (χ1n) is 14.5. The molecule has 16 nitrogen and oxygen atoms in total. The van der Waals surface area contributed by atoms with Gasteiger partial charge in [-0.05, 0) is 42.6 Å². The number of ether oxygens (including phenoxy) is 3. The van der Waals surface area contributed by atoms with Gasteiger partial charge in [-0.3, -0.25) is 4.79 Å². The van der Waals surface area contributed by atoms with Crippen molar-refractivity contribution in [3.8, 4) is 0 Å². The van der Waals surface area contributed by atoms with Gasteiger partial charge in [-0.1, -0.05) is 72.6 Å². The summed E-state index contributed by atoms with van der Waals surface area (Å²) in [6.45, 7) is 5.84. The molecule has 21 heteroatoms. The number of thiol groups is 2. The van der Waals surface area contributed by atoms with Gasteiger partial charge in [-0.2, -0.15) is 0 Å². The number of methoxy groups -OCH3 is 3. The summed E-state index contributed by atoms with van der Waals surface area (Å²) in [5.41, 5.74) is 5.84. The van der Waals surface area contributed by atoms with Gasteiger partial charge in [0.25, 0.3) is 0 Å². The lowest BCUT2D eigenvalue weighted by molar-refractivity contribution is -0.146. The van der Waals surface area contributed by atoms with E-state index in [0.29, 0.717) is 36.5 Å². The van der Waals surface area contributed by atoms with E-state index in [1.807, 2.05) is 9.77 Å². The van der Waals surface area contributed by atoms with E-state index in [4.69, 9.17) is 50.0 Å². The van der Waals surface area contributed by atoms with Gasteiger partial charge >= 0.3 is 11.9 Å². The smallest absolute Gasteiger partial charge is 0.349 e. The summed E-state index contributed by atoms with van der Waals surface area (Å²) in [4.78, 5) is 57.4. The van der Waals surface area contributed by atoms with E-state index in [1.165, 1.54) is 6.20 Å². The predicted octanol–water partition coefficient (Wildman–Crippen LogP) is 4.67. The third-order valence-electron chi connectivity index (χ3n) is 4.90. The molecule has 0 bridgehead atoms. The fraction of sp³-hybridized carbons (Fsp3) is 0.467. The van der Waals surface area contributed by atoms with Crippen molar-refractivity contribution in [1.82, 2.24) is 39.7 Å². The van der Waals surface area contributed by atoms with E-state index >= 15 is 0 Å². The topological polar surface area (TPSA) is 208 Å².